The van der Waals surface area contributed by atoms with Gasteiger partial charge >= 0.3 is 41.5 Å². The van der Waals surface area contributed by atoms with Crippen LogP contribution >= 0.6 is 53.5 Å². The molecule has 0 aliphatic rings. The number of aliphatic imine (C=N–C) groups is 2. The molecular weight excluding hydrogens is 575 g/mol. The Hall–Kier alpha value is -1.10. The molecule has 0 amide bonds. The van der Waals surface area contributed by atoms with Crippen LogP contribution in [0.15, 0.2) is 52.4 Å². The van der Waals surface area contributed by atoms with Crippen molar-refractivity contribution in [2.24, 2.45) is 9.98 Å². The molecule has 0 spiro atoms. The standard InChI is InChI=1S/C25H25Cl2N3.3ClH.Fe/c1-16-12-18(3)24(22(26)14-16)28-10-8-20-6-5-7-21(30-20)9-11-29-25-19(4)13-17(2)15-23(25)27;;;;/h5-7,10-15H,8-9H2,1-4H3;3*1H;/q;;;;+3/p-3. The van der Waals surface area contributed by atoms with Crippen molar-refractivity contribution in [1.82, 2.24) is 4.98 Å². The van der Waals surface area contributed by atoms with Crippen molar-refractivity contribution >= 4 is 77.3 Å². The second kappa shape index (κ2) is 14.5. The van der Waals surface area contributed by atoms with Gasteiger partial charge in [-0.25, -0.2) is 0 Å². The van der Waals surface area contributed by atoms with Crippen LogP contribution in [0.4, 0.5) is 11.4 Å². The fourth-order valence-electron chi connectivity index (χ4n) is 3.36. The Labute approximate surface area is 228 Å². The predicted octanol–water partition coefficient (Wildman–Crippen LogP) is 9.58. The van der Waals surface area contributed by atoms with Crippen molar-refractivity contribution in [3.63, 3.8) is 0 Å². The van der Waals surface area contributed by atoms with Crippen LogP contribution in [-0.4, -0.2) is 17.4 Å². The summed E-state index contributed by atoms with van der Waals surface area (Å²) in [6, 6.07) is 14.0. The molecule has 0 atom stereocenters. The Morgan fingerprint density at radius 3 is 1.47 bits per heavy atom. The number of nitrogens with zero attached hydrogens (tertiary/aromatic N) is 3. The van der Waals surface area contributed by atoms with Crippen LogP contribution in [0.1, 0.15) is 33.6 Å². The number of aromatic nitrogens is 1. The van der Waals surface area contributed by atoms with E-state index >= 15 is 0 Å². The van der Waals surface area contributed by atoms with Gasteiger partial charge < -0.3 is 0 Å². The average molecular weight is 601 g/mol. The fourth-order valence-corrected chi connectivity index (χ4v) is 4.10. The van der Waals surface area contributed by atoms with Gasteiger partial charge in [0.05, 0.1) is 21.4 Å². The first-order valence-electron chi connectivity index (χ1n) is 10.3. The summed E-state index contributed by atoms with van der Waals surface area (Å²) in [4.78, 5) is 13.8. The zero-order valence-corrected chi connectivity index (χ0v) is 24.1. The second-order valence-electron chi connectivity index (χ2n) is 7.63. The first kappa shape index (κ1) is 29.1. The Balaban J connectivity index is 0.000000945. The van der Waals surface area contributed by atoms with Gasteiger partial charge in [-0.3, -0.25) is 15.0 Å². The van der Waals surface area contributed by atoms with E-state index in [4.69, 9.17) is 58.5 Å². The Morgan fingerprint density at radius 1 is 0.735 bits per heavy atom. The molecule has 0 N–H and O–H groups in total. The van der Waals surface area contributed by atoms with E-state index in [1.807, 2.05) is 70.5 Å². The summed E-state index contributed by atoms with van der Waals surface area (Å²) in [6.45, 7) is 8.09. The van der Waals surface area contributed by atoms with E-state index < -0.39 is 11.2 Å². The zero-order valence-electron chi connectivity index (χ0n) is 19.2. The van der Waals surface area contributed by atoms with Crippen molar-refractivity contribution in [2.45, 2.75) is 40.5 Å². The van der Waals surface area contributed by atoms with E-state index in [-0.39, 0.29) is 0 Å². The van der Waals surface area contributed by atoms with Crippen molar-refractivity contribution in [1.29, 1.82) is 0 Å². The number of halogens is 5. The van der Waals surface area contributed by atoms with Crippen molar-refractivity contribution in [3.8, 4) is 0 Å². The quantitative estimate of drug-likeness (QED) is 0.205. The van der Waals surface area contributed by atoms with Crippen molar-refractivity contribution < 1.29 is 11.2 Å². The maximum absolute atomic E-state index is 6.33. The summed E-state index contributed by atoms with van der Waals surface area (Å²) in [5.74, 6) is 0. The molecule has 0 bridgehead atoms. The van der Waals surface area contributed by atoms with Gasteiger partial charge in [0.1, 0.15) is 0 Å². The summed E-state index contributed by atoms with van der Waals surface area (Å²) in [6.07, 6.45) is 4.99. The van der Waals surface area contributed by atoms with Crippen LogP contribution in [0.25, 0.3) is 0 Å². The van der Waals surface area contributed by atoms with E-state index in [9.17, 15) is 0 Å². The van der Waals surface area contributed by atoms with Gasteiger partial charge in [-0.05, 0) is 74.2 Å². The topological polar surface area (TPSA) is 37.6 Å². The Kier molecular flexibility index (Phi) is 12.4. The first-order chi connectivity index (χ1) is 16.1. The van der Waals surface area contributed by atoms with Crippen LogP contribution in [0.2, 0.25) is 10.0 Å². The Morgan fingerprint density at radius 2 is 1.12 bits per heavy atom. The van der Waals surface area contributed by atoms with E-state index in [2.05, 4.69) is 22.1 Å². The van der Waals surface area contributed by atoms with E-state index in [1.54, 1.807) is 0 Å². The van der Waals surface area contributed by atoms with Gasteiger partial charge in [0, 0.05) is 36.7 Å². The summed E-state index contributed by atoms with van der Waals surface area (Å²) in [7, 11) is 14.7. The molecule has 2 aromatic carbocycles. The van der Waals surface area contributed by atoms with Crippen molar-refractivity contribution in [3.05, 3.63) is 86.2 Å². The molecular formula is C25H25Cl5FeN3. The summed E-state index contributed by atoms with van der Waals surface area (Å²) >= 11 is 11.3. The van der Waals surface area contributed by atoms with Gasteiger partial charge in [-0.15, -0.1) is 0 Å². The molecule has 0 unspecified atom stereocenters. The van der Waals surface area contributed by atoms with E-state index in [1.165, 1.54) is 0 Å². The average Bonchev–Trinajstić information content (AvgIpc) is 2.72. The van der Waals surface area contributed by atoms with E-state index in [0.29, 0.717) is 22.9 Å². The third-order valence-corrected chi connectivity index (χ3v) is 5.28. The van der Waals surface area contributed by atoms with Gasteiger partial charge in [-0.1, -0.05) is 41.4 Å². The van der Waals surface area contributed by atoms with Crippen LogP contribution in [0.3, 0.4) is 0 Å². The minimum atomic E-state index is -1.33. The van der Waals surface area contributed by atoms with Crippen LogP contribution in [-0.2, 0) is 24.0 Å². The molecule has 9 heteroatoms. The zero-order chi connectivity index (χ0) is 25.3. The monoisotopic (exact) mass is 598 g/mol. The molecule has 3 aromatic rings. The molecule has 183 valence electrons. The molecule has 0 saturated heterocycles. The third-order valence-electron chi connectivity index (χ3n) is 4.70. The third kappa shape index (κ3) is 9.87. The molecule has 0 radical (unpaired) electrons. The molecule has 0 fully saturated rings. The summed E-state index contributed by atoms with van der Waals surface area (Å²) < 4.78 is 0. The van der Waals surface area contributed by atoms with E-state index in [0.717, 1.165) is 45.0 Å². The molecule has 3 nitrogen and oxygen atoms in total. The molecule has 0 saturated carbocycles. The van der Waals surface area contributed by atoms with Crippen LogP contribution < -0.4 is 0 Å². The molecule has 1 aromatic heterocycles. The minimum absolute atomic E-state index is 0.636. The maximum atomic E-state index is 6.33. The number of rotatable bonds is 6. The molecule has 1 heterocycles. The molecule has 0 aliphatic carbocycles. The predicted molar refractivity (Wildman–Crippen MR) is 147 cm³/mol. The number of benzene rings is 2. The van der Waals surface area contributed by atoms with Crippen LogP contribution in [0, 0.1) is 27.7 Å². The Bertz CT molecular complexity index is 1050. The summed E-state index contributed by atoms with van der Waals surface area (Å²) in [5, 5.41) is 1.35. The number of pyridine rings is 1. The van der Waals surface area contributed by atoms with Gasteiger partial charge in [0.25, 0.3) is 0 Å². The van der Waals surface area contributed by atoms with Gasteiger partial charge in [-0.2, -0.15) is 0 Å². The number of hydrogen-bond acceptors (Lipinski definition) is 3. The van der Waals surface area contributed by atoms with Gasteiger partial charge in [0.2, 0.25) is 0 Å². The SMILES string of the molecule is Cc1cc(C)c(N=CCc2cccc(CC=Nc3c(C)cc(C)cc3Cl)n2)c(Cl)c1.[Cl][Fe]([Cl])[Cl]. The number of aryl methyl sites for hydroxylation is 4. The second-order valence-corrected chi connectivity index (χ2v) is 13.9. The molecule has 3 rings (SSSR count). The molecule has 0 aliphatic heterocycles. The van der Waals surface area contributed by atoms with Crippen molar-refractivity contribution in [2.75, 3.05) is 0 Å². The first-order valence-corrected chi connectivity index (χ1v) is 15.6. The fraction of sp³-hybridized carbons (Fsp3) is 0.240. The normalized spacial score (nSPS) is 11.6. The number of hydrogen-bond donors (Lipinski definition) is 0. The summed E-state index contributed by atoms with van der Waals surface area (Å²) in [5.41, 5.74) is 7.94. The molecule has 34 heavy (non-hydrogen) atoms. The van der Waals surface area contributed by atoms with Gasteiger partial charge in [0.15, 0.2) is 0 Å². The van der Waals surface area contributed by atoms with Crippen LogP contribution in [0.5, 0.6) is 0 Å².